The summed E-state index contributed by atoms with van der Waals surface area (Å²) >= 11 is 0. The van der Waals surface area contributed by atoms with Crippen LogP contribution in [0.2, 0.25) is 0 Å². The molecule has 1 aromatic heterocycles. The molecule has 0 unspecified atom stereocenters. The molecule has 1 heterocycles. The lowest BCUT2D eigenvalue weighted by Crippen LogP contribution is -2.51. The van der Waals surface area contributed by atoms with E-state index in [0.29, 0.717) is 12.2 Å². The Labute approximate surface area is 142 Å². The van der Waals surface area contributed by atoms with Crippen molar-refractivity contribution in [2.24, 2.45) is 5.73 Å². The molecule has 0 spiro atoms. The first kappa shape index (κ1) is 17.5. The third-order valence-corrected chi connectivity index (χ3v) is 4.50. The van der Waals surface area contributed by atoms with E-state index in [0.717, 1.165) is 36.9 Å². The number of H-pyrrole nitrogens is 1. The van der Waals surface area contributed by atoms with Gasteiger partial charge in [0.05, 0.1) is 11.2 Å². The quantitative estimate of drug-likeness (QED) is 0.803. The monoisotopic (exact) mass is 334 g/mol. The summed E-state index contributed by atoms with van der Waals surface area (Å²) in [5.41, 5.74) is 9.07. The fourth-order valence-corrected chi connectivity index (χ4v) is 3.05. The van der Waals surface area contributed by atoms with E-state index in [1.807, 2.05) is 31.2 Å². The number of aromatic nitrogens is 2. The molecule has 1 aliphatic carbocycles. The highest BCUT2D eigenvalue weighted by Gasteiger charge is 2.34. The van der Waals surface area contributed by atoms with Gasteiger partial charge in [0.2, 0.25) is 0 Å². The molecular weight excluding hydrogens is 312 g/mol. The number of halogens is 1. The number of hydrogen-bond acceptors (Lipinski definition) is 3. The van der Waals surface area contributed by atoms with Gasteiger partial charge in [-0.15, -0.1) is 12.4 Å². The summed E-state index contributed by atoms with van der Waals surface area (Å²) in [6, 6.07) is 9.87. The summed E-state index contributed by atoms with van der Waals surface area (Å²) in [4.78, 5) is 12.4. The summed E-state index contributed by atoms with van der Waals surface area (Å²) < 4.78 is 0. The van der Waals surface area contributed by atoms with Gasteiger partial charge in [0.15, 0.2) is 0 Å². The zero-order valence-electron chi connectivity index (χ0n) is 13.3. The lowest BCUT2D eigenvalue weighted by atomic mass is 9.97. The molecule has 3 rings (SSSR count). The van der Waals surface area contributed by atoms with Gasteiger partial charge < -0.3 is 11.1 Å². The van der Waals surface area contributed by atoms with Gasteiger partial charge in [-0.2, -0.15) is 5.10 Å². The summed E-state index contributed by atoms with van der Waals surface area (Å²) in [7, 11) is 0. The van der Waals surface area contributed by atoms with Crippen molar-refractivity contribution in [3.63, 3.8) is 0 Å². The number of nitrogens with zero attached hydrogens (tertiary/aromatic N) is 1. The molecule has 4 N–H and O–H groups in total. The molecule has 0 bridgehead atoms. The minimum atomic E-state index is -0.244. The second-order valence-corrected chi connectivity index (χ2v) is 6.18. The van der Waals surface area contributed by atoms with Gasteiger partial charge in [0, 0.05) is 12.1 Å². The van der Waals surface area contributed by atoms with Gasteiger partial charge in [-0.1, -0.05) is 42.7 Å². The molecule has 0 saturated heterocycles. The molecule has 5 nitrogen and oxygen atoms in total. The van der Waals surface area contributed by atoms with Crippen molar-refractivity contribution in [2.75, 3.05) is 6.54 Å². The predicted molar refractivity (Wildman–Crippen MR) is 93.7 cm³/mol. The average molecular weight is 335 g/mol. The van der Waals surface area contributed by atoms with E-state index >= 15 is 0 Å². The van der Waals surface area contributed by atoms with Crippen LogP contribution in [0.5, 0.6) is 0 Å². The number of carbonyl (C=O) groups is 1. The van der Waals surface area contributed by atoms with E-state index in [1.165, 1.54) is 5.56 Å². The number of hydrogen-bond donors (Lipinski definition) is 3. The van der Waals surface area contributed by atoms with Crippen LogP contribution in [-0.4, -0.2) is 28.2 Å². The lowest BCUT2D eigenvalue weighted by Gasteiger charge is -2.28. The highest BCUT2D eigenvalue weighted by atomic mass is 35.5. The van der Waals surface area contributed by atoms with Gasteiger partial charge in [-0.3, -0.25) is 9.89 Å². The number of carbonyl (C=O) groups excluding carboxylic acids is 1. The first-order valence-electron chi connectivity index (χ1n) is 7.77. The predicted octanol–water partition coefficient (Wildman–Crippen LogP) is 2.81. The largest absolute Gasteiger partial charge is 0.344 e. The van der Waals surface area contributed by atoms with Crippen molar-refractivity contribution in [2.45, 2.75) is 38.1 Å². The molecule has 1 aromatic carbocycles. The fraction of sp³-hybridized carbons (Fsp3) is 0.412. The number of nitrogens with two attached hydrogens (primary N) is 1. The second kappa shape index (κ2) is 7.15. The van der Waals surface area contributed by atoms with Gasteiger partial charge in [0.1, 0.15) is 5.69 Å². The standard InChI is InChI=1S/C17H22N4O.ClH/c1-12-4-6-13(7-5-12)14-10-15(21-20-14)16(22)19-17(11-18)8-2-3-9-17;/h4-7,10H,2-3,8-9,11,18H2,1H3,(H,19,22)(H,20,21);1H. The Kier molecular flexibility index (Phi) is 5.44. The van der Waals surface area contributed by atoms with Crippen LogP contribution in [0, 0.1) is 6.92 Å². The van der Waals surface area contributed by atoms with E-state index in [1.54, 1.807) is 6.07 Å². The molecule has 0 aliphatic heterocycles. The number of amides is 1. The average Bonchev–Trinajstić information content (AvgIpc) is 3.18. The number of rotatable bonds is 4. The van der Waals surface area contributed by atoms with Crippen LogP contribution in [0.25, 0.3) is 11.3 Å². The van der Waals surface area contributed by atoms with Crippen molar-refractivity contribution < 1.29 is 4.79 Å². The number of nitrogens with one attached hydrogen (secondary N) is 2. The van der Waals surface area contributed by atoms with Crippen LogP contribution in [0.15, 0.2) is 30.3 Å². The van der Waals surface area contributed by atoms with E-state index < -0.39 is 0 Å². The zero-order chi connectivity index (χ0) is 15.6. The highest BCUT2D eigenvalue weighted by molar-refractivity contribution is 5.93. The summed E-state index contributed by atoms with van der Waals surface area (Å²) in [5.74, 6) is -0.127. The van der Waals surface area contributed by atoms with Crippen LogP contribution in [0.4, 0.5) is 0 Å². The van der Waals surface area contributed by atoms with Gasteiger partial charge in [-0.25, -0.2) is 0 Å². The number of aromatic amines is 1. The molecule has 1 fully saturated rings. The van der Waals surface area contributed by atoms with Gasteiger partial charge in [-0.05, 0) is 25.8 Å². The Morgan fingerprint density at radius 2 is 1.96 bits per heavy atom. The fourth-order valence-electron chi connectivity index (χ4n) is 3.05. The smallest absolute Gasteiger partial charge is 0.269 e. The number of benzene rings is 1. The van der Waals surface area contributed by atoms with E-state index in [9.17, 15) is 4.79 Å². The molecule has 2 aromatic rings. The summed E-state index contributed by atoms with van der Waals surface area (Å²) in [6.45, 7) is 2.53. The minimum Gasteiger partial charge on any atom is -0.344 e. The van der Waals surface area contributed by atoms with E-state index in [2.05, 4.69) is 15.5 Å². The highest BCUT2D eigenvalue weighted by Crippen LogP contribution is 2.29. The molecule has 0 radical (unpaired) electrons. The third kappa shape index (κ3) is 3.74. The first-order chi connectivity index (χ1) is 10.6. The normalized spacial score (nSPS) is 15.9. The Hall–Kier alpha value is -1.85. The van der Waals surface area contributed by atoms with Crippen LogP contribution in [0.3, 0.4) is 0 Å². The zero-order valence-corrected chi connectivity index (χ0v) is 14.1. The van der Waals surface area contributed by atoms with E-state index in [4.69, 9.17) is 5.73 Å². The van der Waals surface area contributed by atoms with Crippen molar-refractivity contribution >= 4 is 18.3 Å². The number of aryl methyl sites for hydroxylation is 1. The van der Waals surface area contributed by atoms with Crippen LogP contribution < -0.4 is 11.1 Å². The summed E-state index contributed by atoms with van der Waals surface area (Å²) in [6.07, 6.45) is 4.15. The van der Waals surface area contributed by atoms with Crippen LogP contribution in [-0.2, 0) is 0 Å². The Balaban J connectivity index is 0.00000192. The molecule has 1 aliphatic rings. The minimum absolute atomic E-state index is 0. The maximum atomic E-state index is 12.4. The second-order valence-electron chi connectivity index (χ2n) is 6.18. The maximum absolute atomic E-state index is 12.4. The Morgan fingerprint density at radius 1 is 1.30 bits per heavy atom. The SMILES string of the molecule is Cc1ccc(-c2cc(C(=O)NC3(CN)CCCC3)[nH]n2)cc1.Cl. The van der Waals surface area contributed by atoms with Gasteiger partial charge >= 0.3 is 0 Å². The third-order valence-electron chi connectivity index (χ3n) is 4.50. The van der Waals surface area contributed by atoms with Crippen molar-refractivity contribution in [3.05, 3.63) is 41.6 Å². The van der Waals surface area contributed by atoms with Crippen LogP contribution in [0.1, 0.15) is 41.7 Å². The topological polar surface area (TPSA) is 83.8 Å². The van der Waals surface area contributed by atoms with Crippen molar-refractivity contribution in [1.29, 1.82) is 0 Å². The molecule has 1 amide bonds. The lowest BCUT2D eigenvalue weighted by molar-refractivity contribution is 0.0898. The molecule has 1 saturated carbocycles. The molecule has 124 valence electrons. The van der Waals surface area contributed by atoms with Crippen LogP contribution >= 0.6 is 12.4 Å². The summed E-state index contributed by atoms with van der Waals surface area (Å²) in [5, 5.41) is 10.2. The molecule has 0 atom stereocenters. The molecular formula is C17H23ClN4O. The maximum Gasteiger partial charge on any atom is 0.269 e. The Morgan fingerprint density at radius 3 is 2.57 bits per heavy atom. The van der Waals surface area contributed by atoms with E-state index in [-0.39, 0.29) is 23.9 Å². The van der Waals surface area contributed by atoms with Crippen molar-refractivity contribution in [3.8, 4) is 11.3 Å². The van der Waals surface area contributed by atoms with Gasteiger partial charge in [0.25, 0.3) is 5.91 Å². The van der Waals surface area contributed by atoms with Crippen molar-refractivity contribution in [1.82, 2.24) is 15.5 Å². The molecule has 23 heavy (non-hydrogen) atoms. The Bertz CT molecular complexity index is 659. The molecule has 6 heteroatoms. The first-order valence-corrected chi connectivity index (χ1v) is 7.77.